The van der Waals surface area contributed by atoms with E-state index in [1.54, 1.807) is 0 Å². The fourth-order valence-electron chi connectivity index (χ4n) is 4.24. The van der Waals surface area contributed by atoms with Gasteiger partial charge in [-0.1, -0.05) is 67.1 Å². The lowest BCUT2D eigenvalue weighted by atomic mass is 9.92. The monoisotopic (exact) mass is 394 g/mol. The summed E-state index contributed by atoms with van der Waals surface area (Å²) in [5.41, 5.74) is 11.9. The molecular weight excluding hydrogens is 364 g/mol. The van der Waals surface area contributed by atoms with Crippen LogP contribution >= 0.6 is 0 Å². The SMILES string of the molecule is C=C(Cc1ccc2c(c1)C=C(C(C)c1ccncc1)C2)NCc1ccc(C)cc1C. The van der Waals surface area contributed by atoms with E-state index >= 15 is 0 Å². The number of hydrogen-bond acceptors (Lipinski definition) is 2. The van der Waals surface area contributed by atoms with Crippen molar-refractivity contribution in [2.45, 2.75) is 46.1 Å². The van der Waals surface area contributed by atoms with Gasteiger partial charge in [0.25, 0.3) is 0 Å². The first kappa shape index (κ1) is 20.2. The third-order valence-electron chi connectivity index (χ3n) is 6.15. The first-order chi connectivity index (χ1) is 14.5. The summed E-state index contributed by atoms with van der Waals surface area (Å²) in [7, 11) is 0. The Bertz CT molecular complexity index is 1090. The number of pyridine rings is 1. The van der Waals surface area contributed by atoms with Gasteiger partial charge in [-0.25, -0.2) is 0 Å². The molecule has 1 unspecified atom stereocenters. The molecule has 4 rings (SSSR count). The van der Waals surface area contributed by atoms with Crippen LogP contribution in [0.5, 0.6) is 0 Å². The number of benzene rings is 2. The normalized spacial score (nSPS) is 13.5. The zero-order valence-corrected chi connectivity index (χ0v) is 18.2. The third kappa shape index (κ3) is 4.54. The van der Waals surface area contributed by atoms with Crippen molar-refractivity contribution in [2.75, 3.05) is 0 Å². The maximum atomic E-state index is 4.26. The molecule has 1 aliphatic rings. The van der Waals surface area contributed by atoms with Crippen molar-refractivity contribution in [2.24, 2.45) is 0 Å². The van der Waals surface area contributed by atoms with Gasteiger partial charge in [-0.05, 0) is 65.8 Å². The molecule has 2 nitrogen and oxygen atoms in total. The molecular formula is C28H30N2. The molecule has 3 aromatic rings. The highest BCUT2D eigenvalue weighted by atomic mass is 14.9. The maximum absolute atomic E-state index is 4.26. The van der Waals surface area contributed by atoms with Crippen molar-refractivity contribution in [1.29, 1.82) is 0 Å². The molecule has 2 heteroatoms. The number of nitrogens with one attached hydrogen (secondary N) is 1. The van der Waals surface area contributed by atoms with Gasteiger partial charge in [0.15, 0.2) is 0 Å². The molecule has 30 heavy (non-hydrogen) atoms. The van der Waals surface area contributed by atoms with Crippen LogP contribution in [0.1, 0.15) is 51.8 Å². The Morgan fingerprint density at radius 1 is 1.07 bits per heavy atom. The zero-order valence-electron chi connectivity index (χ0n) is 18.2. The molecule has 0 fully saturated rings. The molecule has 0 bridgehead atoms. The van der Waals surface area contributed by atoms with E-state index in [1.165, 1.54) is 44.5 Å². The van der Waals surface area contributed by atoms with E-state index in [1.807, 2.05) is 12.4 Å². The molecule has 1 aliphatic carbocycles. The zero-order chi connectivity index (χ0) is 21.1. The molecule has 0 amide bonds. The Balaban J connectivity index is 1.40. The van der Waals surface area contributed by atoms with E-state index in [0.29, 0.717) is 5.92 Å². The quantitative estimate of drug-likeness (QED) is 0.509. The lowest BCUT2D eigenvalue weighted by molar-refractivity contribution is 0.781. The van der Waals surface area contributed by atoms with Crippen LogP contribution in [0.3, 0.4) is 0 Å². The second-order valence-corrected chi connectivity index (χ2v) is 8.50. The highest BCUT2D eigenvalue weighted by Gasteiger charge is 2.19. The molecule has 0 saturated heterocycles. The van der Waals surface area contributed by atoms with Crippen LogP contribution in [-0.4, -0.2) is 4.98 Å². The molecule has 1 heterocycles. The Hall–Kier alpha value is -3.13. The van der Waals surface area contributed by atoms with Gasteiger partial charge in [-0.2, -0.15) is 0 Å². The van der Waals surface area contributed by atoms with Crippen LogP contribution in [0, 0.1) is 13.8 Å². The summed E-state index contributed by atoms with van der Waals surface area (Å²) in [4.78, 5) is 4.14. The first-order valence-electron chi connectivity index (χ1n) is 10.7. The van der Waals surface area contributed by atoms with Crippen molar-refractivity contribution in [3.05, 3.63) is 118 Å². The van der Waals surface area contributed by atoms with Crippen LogP contribution in [-0.2, 0) is 19.4 Å². The van der Waals surface area contributed by atoms with Gasteiger partial charge in [0.2, 0.25) is 0 Å². The van der Waals surface area contributed by atoms with E-state index in [0.717, 1.165) is 25.1 Å². The molecule has 152 valence electrons. The molecule has 0 radical (unpaired) electrons. The second kappa shape index (κ2) is 8.71. The number of hydrogen-bond donors (Lipinski definition) is 1. The Morgan fingerprint density at radius 2 is 1.87 bits per heavy atom. The van der Waals surface area contributed by atoms with Crippen LogP contribution < -0.4 is 5.32 Å². The lowest BCUT2D eigenvalue weighted by Gasteiger charge is -2.13. The average Bonchev–Trinajstić information content (AvgIpc) is 3.16. The number of aryl methyl sites for hydroxylation is 2. The summed E-state index contributed by atoms with van der Waals surface area (Å²) >= 11 is 0. The Morgan fingerprint density at radius 3 is 2.63 bits per heavy atom. The van der Waals surface area contributed by atoms with E-state index in [-0.39, 0.29) is 0 Å². The number of fused-ring (bicyclic) bond motifs is 1. The predicted molar refractivity (Wildman–Crippen MR) is 126 cm³/mol. The average molecular weight is 395 g/mol. The molecule has 1 aromatic heterocycles. The first-order valence-corrected chi connectivity index (χ1v) is 10.7. The minimum atomic E-state index is 0.415. The minimum Gasteiger partial charge on any atom is -0.384 e. The van der Waals surface area contributed by atoms with Gasteiger partial charge in [0, 0.05) is 37.0 Å². The summed E-state index contributed by atoms with van der Waals surface area (Å²) in [5, 5.41) is 3.51. The van der Waals surface area contributed by atoms with Gasteiger partial charge in [0.05, 0.1) is 0 Å². The maximum Gasteiger partial charge on any atom is 0.0400 e. The topological polar surface area (TPSA) is 24.9 Å². The minimum absolute atomic E-state index is 0.415. The highest BCUT2D eigenvalue weighted by Crippen LogP contribution is 2.35. The van der Waals surface area contributed by atoms with Crippen LogP contribution in [0.15, 0.2) is 78.8 Å². The predicted octanol–water partition coefficient (Wildman–Crippen LogP) is 6.29. The molecule has 0 aliphatic heterocycles. The standard InChI is InChI=1S/C28H30N2/c1-19-5-7-26(20(2)13-19)18-30-21(3)14-23-6-8-25-16-27(17-28(25)15-23)22(4)24-9-11-29-12-10-24/h5-13,15,17,22,30H,3,14,16,18H2,1-2,4H3. The van der Waals surface area contributed by atoms with Crippen LogP contribution in [0.4, 0.5) is 0 Å². The fraction of sp³-hybridized carbons (Fsp3) is 0.250. The summed E-state index contributed by atoms with van der Waals surface area (Å²) < 4.78 is 0. The fourth-order valence-corrected chi connectivity index (χ4v) is 4.24. The molecule has 1 N–H and O–H groups in total. The van der Waals surface area contributed by atoms with Gasteiger partial charge in [-0.3, -0.25) is 4.98 Å². The van der Waals surface area contributed by atoms with Crippen molar-refractivity contribution in [3.63, 3.8) is 0 Å². The number of aromatic nitrogens is 1. The van der Waals surface area contributed by atoms with Crippen LogP contribution in [0.2, 0.25) is 0 Å². The van der Waals surface area contributed by atoms with Gasteiger partial charge >= 0.3 is 0 Å². The van der Waals surface area contributed by atoms with E-state index in [2.05, 4.69) is 92.3 Å². The van der Waals surface area contributed by atoms with E-state index < -0.39 is 0 Å². The second-order valence-electron chi connectivity index (χ2n) is 8.50. The van der Waals surface area contributed by atoms with E-state index in [4.69, 9.17) is 0 Å². The molecule has 0 saturated carbocycles. The Kier molecular flexibility index (Phi) is 5.85. The summed E-state index contributed by atoms with van der Waals surface area (Å²) in [6.45, 7) is 11.7. The smallest absolute Gasteiger partial charge is 0.0400 e. The Labute approximate surface area is 180 Å². The molecule has 2 aromatic carbocycles. The van der Waals surface area contributed by atoms with Crippen molar-refractivity contribution in [3.8, 4) is 0 Å². The van der Waals surface area contributed by atoms with Gasteiger partial charge in [-0.15, -0.1) is 0 Å². The summed E-state index contributed by atoms with van der Waals surface area (Å²) in [6.07, 6.45) is 8.01. The summed E-state index contributed by atoms with van der Waals surface area (Å²) in [5.74, 6) is 0.415. The van der Waals surface area contributed by atoms with Gasteiger partial charge in [0.1, 0.15) is 0 Å². The highest BCUT2D eigenvalue weighted by molar-refractivity contribution is 5.66. The molecule has 0 spiro atoms. The van der Waals surface area contributed by atoms with Crippen molar-refractivity contribution >= 4 is 6.08 Å². The number of nitrogens with zero attached hydrogens (tertiary/aromatic N) is 1. The lowest BCUT2D eigenvalue weighted by Crippen LogP contribution is -2.14. The van der Waals surface area contributed by atoms with Crippen molar-refractivity contribution < 1.29 is 0 Å². The number of rotatable bonds is 7. The van der Waals surface area contributed by atoms with Gasteiger partial charge < -0.3 is 5.32 Å². The van der Waals surface area contributed by atoms with E-state index in [9.17, 15) is 0 Å². The van der Waals surface area contributed by atoms with Crippen LogP contribution in [0.25, 0.3) is 6.08 Å². The largest absolute Gasteiger partial charge is 0.384 e. The summed E-state index contributed by atoms with van der Waals surface area (Å²) in [6, 6.07) is 17.7. The molecule has 1 atom stereocenters. The third-order valence-corrected chi connectivity index (χ3v) is 6.15. The van der Waals surface area contributed by atoms with Crippen molar-refractivity contribution in [1.82, 2.24) is 10.3 Å². The number of allylic oxidation sites excluding steroid dienone is 2.